The smallest absolute Gasteiger partial charge is 0.337 e. The van der Waals surface area contributed by atoms with Crippen molar-refractivity contribution in [3.05, 3.63) is 94.0 Å². The van der Waals surface area contributed by atoms with Crippen LogP contribution in [0.25, 0.3) is 0 Å². The number of hydrogen-bond acceptors (Lipinski definition) is 2. The minimum Gasteiger partial charge on any atom is -0.478 e. The second-order valence-electron chi connectivity index (χ2n) is 7.45. The molecule has 0 aliphatic heterocycles. The summed E-state index contributed by atoms with van der Waals surface area (Å²) in [5, 5.41) is 12.6. The Kier molecular flexibility index (Phi) is 6.15. The molecule has 0 aliphatic rings. The molecule has 0 radical (unpaired) electrons. The minimum absolute atomic E-state index is 0.289. The van der Waals surface area contributed by atoms with Crippen LogP contribution < -0.4 is 5.32 Å². The number of carboxylic acid groups (broad SMARTS) is 1. The van der Waals surface area contributed by atoms with Gasteiger partial charge in [-0.25, -0.2) is 4.79 Å². The van der Waals surface area contributed by atoms with E-state index in [9.17, 15) is 9.90 Å². The molecular weight excluding hydrogens is 346 g/mol. The van der Waals surface area contributed by atoms with Gasteiger partial charge in [0.15, 0.2) is 0 Å². The second kappa shape index (κ2) is 8.75. The third-order valence-corrected chi connectivity index (χ3v) is 5.14. The summed E-state index contributed by atoms with van der Waals surface area (Å²) in [6.07, 6.45) is 3.21. The first-order valence-corrected chi connectivity index (χ1v) is 9.68. The van der Waals surface area contributed by atoms with Crippen LogP contribution >= 0.6 is 0 Å². The lowest BCUT2D eigenvalue weighted by Gasteiger charge is -2.11. The quantitative estimate of drug-likeness (QED) is 0.516. The number of carbonyl (C=O) groups is 1. The molecule has 2 N–H and O–H groups in total. The van der Waals surface area contributed by atoms with E-state index < -0.39 is 5.97 Å². The maximum atomic E-state index is 11.5. The van der Waals surface area contributed by atoms with E-state index >= 15 is 0 Å². The van der Waals surface area contributed by atoms with Crippen molar-refractivity contribution in [3.63, 3.8) is 0 Å². The van der Waals surface area contributed by atoms with Gasteiger partial charge in [-0.1, -0.05) is 42.0 Å². The number of benzene rings is 3. The topological polar surface area (TPSA) is 49.3 Å². The van der Waals surface area contributed by atoms with Crippen LogP contribution in [-0.2, 0) is 12.8 Å². The molecule has 0 amide bonds. The molecule has 28 heavy (non-hydrogen) atoms. The lowest BCUT2D eigenvalue weighted by molar-refractivity contribution is 0.0698. The molecule has 0 aromatic heterocycles. The van der Waals surface area contributed by atoms with Crippen molar-refractivity contribution < 1.29 is 9.90 Å². The Morgan fingerprint density at radius 1 is 0.821 bits per heavy atom. The summed E-state index contributed by atoms with van der Waals surface area (Å²) in [5.41, 5.74) is 8.10. The first kappa shape index (κ1) is 19.7. The van der Waals surface area contributed by atoms with E-state index in [-0.39, 0.29) is 5.56 Å². The number of aryl methyl sites for hydroxylation is 5. The number of rotatable bonds is 7. The summed E-state index contributed by atoms with van der Waals surface area (Å²) in [7, 11) is 0. The number of nitrogens with one attached hydrogen (secondary N) is 1. The fourth-order valence-corrected chi connectivity index (χ4v) is 3.31. The van der Waals surface area contributed by atoms with Crippen molar-refractivity contribution >= 4 is 17.3 Å². The SMILES string of the molecule is Cc1ccc(Nc2ccc(CCCc3ccc(C)c(C)c3)cc2)c(C(=O)O)c1. The van der Waals surface area contributed by atoms with Crippen molar-refractivity contribution in [2.75, 3.05) is 5.32 Å². The predicted octanol–water partition coefficient (Wildman–Crippen LogP) is 6.23. The standard InChI is InChI=1S/C25H27NO2/c1-17-7-14-24(23(15-17)25(27)28)26-22-12-10-20(11-13-22)5-4-6-21-9-8-18(2)19(3)16-21/h7-16,26H,4-6H2,1-3H3,(H,27,28). The van der Waals surface area contributed by atoms with Gasteiger partial charge in [0.05, 0.1) is 11.3 Å². The van der Waals surface area contributed by atoms with E-state index in [4.69, 9.17) is 0 Å². The molecule has 0 saturated carbocycles. The zero-order valence-corrected chi connectivity index (χ0v) is 16.8. The Labute approximate surface area is 167 Å². The molecule has 3 aromatic carbocycles. The maximum absolute atomic E-state index is 11.5. The lowest BCUT2D eigenvalue weighted by Crippen LogP contribution is -2.03. The molecule has 0 heterocycles. The van der Waals surface area contributed by atoms with Crippen molar-refractivity contribution in [1.29, 1.82) is 0 Å². The van der Waals surface area contributed by atoms with E-state index in [0.717, 1.165) is 30.5 Å². The Balaban J connectivity index is 1.59. The summed E-state index contributed by atoms with van der Waals surface area (Å²) in [6, 6.07) is 20.4. The van der Waals surface area contributed by atoms with Gasteiger partial charge in [-0.2, -0.15) is 0 Å². The molecule has 0 aliphatic carbocycles. The van der Waals surface area contributed by atoms with E-state index in [1.165, 1.54) is 22.3 Å². The highest BCUT2D eigenvalue weighted by Gasteiger charge is 2.10. The summed E-state index contributed by atoms with van der Waals surface area (Å²) in [4.78, 5) is 11.5. The van der Waals surface area contributed by atoms with Crippen molar-refractivity contribution in [1.82, 2.24) is 0 Å². The average molecular weight is 373 g/mol. The van der Waals surface area contributed by atoms with Crippen LogP contribution in [0.5, 0.6) is 0 Å². The van der Waals surface area contributed by atoms with Gasteiger partial charge >= 0.3 is 5.97 Å². The van der Waals surface area contributed by atoms with Gasteiger partial charge in [0.1, 0.15) is 0 Å². The monoisotopic (exact) mass is 373 g/mol. The number of aromatic carboxylic acids is 1. The van der Waals surface area contributed by atoms with Crippen LogP contribution in [0.1, 0.15) is 44.6 Å². The van der Waals surface area contributed by atoms with Gasteiger partial charge in [0, 0.05) is 5.69 Å². The summed E-state index contributed by atoms with van der Waals surface area (Å²) >= 11 is 0. The highest BCUT2D eigenvalue weighted by Crippen LogP contribution is 2.23. The van der Waals surface area contributed by atoms with Crippen LogP contribution in [0, 0.1) is 20.8 Å². The van der Waals surface area contributed by atoms with Crippen molar-refractivity contribution in [2.24, 2.45) is 0 Å². The summed E-state index contributed by atoms with van der Waals surface area (Å²) < 4.78 is 0. The lowest BCUT2D eigenvalue weighted by atomic mass is 10.0. The first-order valence-electron chi connectivity index (χ1n) is 9.68. The van der Waals surface area contributed by atoms with E-state index in [1.807, 2.05) is 31.2 Å². The molecule has 3 rings (SSSR count). The van der Waals surface area contributed by atoms with Gasteiger partial charge in [-0.3, -0.25) is 0 Å². The Bertz CT molecular complexity index is 974. The van der Waals surface area contributed by atoms with Crippen LogP contribution in [0.4, 0.5) is 11.4 Å². The van der Waals surface area contributed by atoms with Gasteiger partial charge in [0.2, 0.25) is 0 Å². The molecule has 0 saturated heterocycles. The van der Waals surface area contributed by atoms with Gasteiger partial charge < -0.3 is 10.4 Å². The first-order chi connectivity index (χ1) is 13.4. The van der Waals surface area contributed by atoms with Gasteiger partial charge in [0.25, 0.3) is 0 Å². The number of anilines is 2. The van der Waals surface area contributed by atoms with Crippen LogP contribution in [0.3, 0.4) is 0 Å². The zero-order chi connectivity index (χ0) is 20.1. The second-order valence-corrected chi connectivity index (χ2v) is 7.45. The van der Waals surface area contributed by atoms with Gasteiger partial charge in [-0.15, -0.1) is 0 Å². The minimum atomic E-state index is -0.922. The number of carboxylic acids is 1. The molecule has 0 unspecified atom stereocenters. The molecule has 0 fully saturated rings. The van der Waals surface area contributed by atoms with Crippen LogP contribution in [0.2, 0.25) is 0 Å². The third-order valence-electron chi connectivity index (χ3n) is 5.14. The molecule has 0 spiro atoms. The summed E-state index contributed by atoms with van der Waals surface area (Å²) in [6.45, 7) is 6.20. The molecule has 0 atom stereocenters. The molecule has 0 bridgehead atoms. The van der Waals surface area contributed by atoms with Crippen molar-refractivity contribution in [2.45, 2.75) is 40.0 Å². The largest absolute Gasteiger partial charge is 0.478 e. The predicted molar refractivity (Wildman–Crippen MR) is 116 cm³/mol. The van der Waals surface area contributed by atoms with Crippen molar-refractivity contribution in [3.8, 4) is 0 Å². The zero-order valence-electron chi connectivity index (χ0n) is 16.8. The Morgan fingerprint density at radius 3 is 2.18 bits per heavy atom. The molecule has 3 heteroatoms. The fraction of sp³-hybridized carbons (Fsp3) is 0.240. The Hall–Kier alpha value is -3.07. The van der Waals surface area contributed by atoms with E-state index in [1.54, 1.807) is 6.07 Å². The van der Waals surface area contributed by atoms with Gasteiger partial charge in [-0.05, 0) is 86.6 Å². The van der Waals surface area contributed by atoms with Crippen LogP contribution in [-0.4, -0.2) is 11.1 Å². The molecule has 144 valence electrons. The normalized spacial score (nSPS) is 10.7. The van der Waals surface area contributed by atoms with Crippen LogP contribution in [0.15, 0.2) is 60.7 Å². The highest BCUT2D eigenvalue weighted by atomic mass is 16.4. The van der Waals surface area contributed by atoms with E-state index in [0.29, 0.717) is 5.69 Å². The maximum Gasteiger partial charge on any atom is 0.337 e. The average Bonchev–Trinajstić information content (AvgIpc) is 2.67. The molecular formula is C25H27NO2. The molecule has 3 nitrogen and oxygen atoms in total. The fourth-order valence-electron chi connectivity index (χ4n) is 3.31. The molecule has 3 aromatic rings. The highest BCUT2D eigenvalue weighted by molar-refractivity contribution is 5.95. The third kappa shape index (κ3) is 5.01. The Morgan fingerprint density at radius 2 is 1.50 bits per heavy atom. The number of hydrogen-bond donors (Lipinski definition) is 2. The summed E-state index contributed by atoms with van der Waals surface area (Å²) in [5.74, 6) is -0.922. The van der Waals surface area contributed by atoms with E-state index in [2.05, 4.69) is 49.5 Å².